The Morgan fingerprint density at radius 1 is 1.05 bits per heavy atom. The third-order valence-corrected chi connectivity index (χ3v) is 6.31. The van der Waals surface area contributed by atoms with Crippen LogP contribution in [0.5, 0.6) is 11.5 Å². The summed E-state index contributed by atoms with van der Waals surface area (Å²) >= 11 is 6.39. The molecule has 0 spiro atoms. The van der Waals surface area contributed by atoms with E-state index in [0.717, 1.165) is 25.9 Å². The van der Waals surface area contributed by atoms with Crippen LogP contribution in [0.15, 0.2) is 36.5 Å². The van der Waals surface area contributed by atoms with Gasteiger partial charge in [0.25, 0.3) is 5.69 Å². The number of hydrogen-bond acceptors (Lipinski definition) is 11. The lowest BCUT2D eigenvalue weighted by Crippen LogP contribution is -2.27. The van der Waals surface area contributed by atoms with Crippen molar-refractivity contribution in [2.75, 3.05) is 48.2 Å². The molecule has 2 aromatic carbocycles. The van der Waals surface area contributed by atoms with Crippen LogP contribution in [-0.2, 0) is 4.74 Å². The summed E-state index contributed by atoms with van der Waals surface area (Å²) in [5, 5.41) is 20.9. The zero-order valence-corrected chi connectivity index (χ0v) is 24.2. The average Bonchev–Trinajstić information content (AvgIpc) is 3.44. The molecule has 13 nitrogen and oxygen atoms in total. The number of benzene rings is 2. The Labute approximate surface area is 242 Å². The van der Waals surface area contributed by atoms with E-state index in [1.54, 1.807) is 45.0 Å². The number of anilines is 6. The molecule has 0 atom stereocenters. The minimum absolute atomic E-state index is 0.0541. The van der Waals surface area contributed by atoms with Gasteiger partial charge in [-0.1, -0.05) is 11.6 Å². The second-order valence-corrected chi connectivity index (χ2v) is 10.6. The zero-order chi connectivity index (χ0) is 29.7. The number of carbonyl (C=O) groups excluding carboxylic acids is 1. The number of aromatic nitrogens is 2. The van der Waals surface area contributed by atoms with Crippen LogP contribution in [0.3, 0.4) is 0 Å². The maximum atomic E-state index is 12.2. The largest absolute Gasteiger partial charge is 0.495 e. The molecule has 0 unspecified atom stereocenters. The third-order valence-electron chi connectivity index (χ3n) is 6.03. The molecule has 3 N–H and O–H groups in total. The number of nitrogens with one attached hydrogen (secondary N) is 3. The topological polar surface area (TPSA) is 153 Å². The van der Waals surface area contributed by atoms with Gasteiger partial charge in [-0.05, 0) is 51.8 Å². The van der Waals surface area contributed by atoms with Crippen LogP contribution in [0.2, 0.25) is 5.02 Å². The van der Waals surface area contributed by atoms with Crippen LogP contribution in [-0.4, -0.2) is 53.9 Å². The fourth-order valence-corrected chi connectivity index (χ4v) is 4.39. The standard InChI is InChI=1S/C27H32ClN7O6/c1-27(2,3)41-26(36)30-16-8-9-22(39-4)18(12-16)31-24-17(28)15-29-25(33-24)32-19-13-21(35(37)38)20(14-23(19)40-5)34-10-6-7-11-34/h8-9,12-15H,6-7,10-11H2,1-5H3,(H,30,36)(H2,29,31,32,33). The van der Waals surface area contributed by atoms with Crippen molar-refractivity contribution in [1.82, 2.24) is 9.97 Å². The predicted molar refractivity (Wildman–Crippen MR) is 158 cm³/mol. The van der Waals surface area contributed by atoms with E-state index in [1.807, 2.05) is 4.90 Å². The van der Waals surface area contributed by atoms with Gasteiger partial charge in [0.1, 0.15) is 27.8 Å². The fraction of sp³-hybridized carbons (Fsp3) is 0.370. The molecular formula is C27H32ClN7O6. The first-order valence-electron chi connectivity index (χ1n) is 12.8. The summed E-state index contributed by atoms with van der Waals surface area (Å²) in [5.74, 6) is 1.19. The van der Waals surface area contributed by atoms with Gasteiger partial charge in [-0.2, -0.15) is 4.98 Å². The Kier molecular flexibility index (Phi) is 8.86. The number of carbonyl (C=O) groups is 1. The summed E-state index contributed by atoms with van der Waals surface area (Å²) in [5.41, 5.74) is 1.00. The molecule has 1 saturated heterocycles. The van der Waals surface area contributed by atoms with Crippen molar-refractivity contribution in [2.24, 2.45) is 0 Å². The number of halogens is 1. The zero-order valence-electron chi connectivity index (χ0n) is 23.4. The molecule has 0 radical (unpaired) electrons. The Morgan fingerprint density at radius 2 is 1.73 bits per heavy atom. The molecule has 4 rings (SSSR count). The van der Waals surface area contributed by atoms with Crippen molar-refractivity contribution < 1.29 is 23.9 Å². The summed E-state index contributed by atoms with van der Waals surface area (Å²) in [6, 6.07) is 8.02. The first-order valence-corrected chi connectivity index (χ1v) is 13.2. The lowest BCUT2D eigenvalue weighted by Gasteiger charge is -2.20. The molecule has 1 aromatic heterocycles. The van der Waals surface area contributed by atoms with E-state index in [0.29, 0.717) is 34.2 Å². The Balaban J connectivity index is 1.61. The van der Waals surface area contributed by atoms with E-state index >= 15 is 0 Å². The van der Waals surface area contributed by atoms with Crippen LogP contribution in [0.25, 0.3) is 0 Å². The summed E-state index contributed by atoms with van der Waals surface area (Å²) in [7, 11) is 2.99. The van der Waals surface area contributed by atoms with Gasteiger partial charge in [0, 0.05) is 30.9 Å². The molecule has 1 fully saturated rings. The van der Waals surface area contributed by atoms with Crippen LogP contribution in [0, 0.1) is 10.1 Å². The maximum Gasteiger partial charge on any atom is 0.412 e. The van der Waals surface area contributed by atoms with Gasteiger partial charge in [-0.3, -0.25) is 15.4 Å². The number of nitro groups is 1. The summed E-state index contributed by atoms with van der Waals surface area (Å²) in [4.78, 5) is 34.4. The number of rotatable bonds is 9. The SMILES string of the molecule is COc1cc(N2CCCC2)c([N+](=O)[O-])cc1Nc1ncc(Cl)c(Nc2cc(NC(=O)OC(C)(C)C)ccc2OC)n1. The van der Waals surface area contributed by atoms with Crippen molar-refractivity contribution in [3.63, 3.8) is 0 Å². The van der Waals surface area contributed by atoms with Crippen LogP contribution in [0.4, 0.5) is 45.0 Å². The molecule has 41 heavy (non-hydrogen) atoms. The fourth-order valence-electron chi connectivity index (χ4n) is 4.25. The van der Waals surface area contributed by atoms with Crippen LogP contribution < -0.4 is 30.3 Å². The van der Waals surface area contributed by atoms with E-state index < -0.39 is 16.6 Å². The van der Waals surface area contributed by atoms with E-state index in [1.165, 1.54) is 26.5 Å². The van der Waals surface area contributed by atoms with Crippen molar-refractivity contribution in [3.8, 4) is 11.5 Å². The quantitative estimate of drug-likeness (QED) is 0.186. The summed E-state index contributed by atoms with van der Waals surface area (Å²) in [6.07, 6.45) is 2.71. The molecular weight excluding hydrogens is 554 g/mol. The molecule has 3 aromatic rings. The molecule has 0 aliphatic carbocycles. The van der Waals surface area contributed by atoms with Gasteiger partial charge in [-0.15, -0.1) is 0 Å². The number of amides is 1. The van der Waals surface area contributed by atoms with Gasteiger partial charge in [-0.25, -0.2) is 9.78 Å². The average molecular weight is 586 g/mol. The highest BCUT2D eigenvalue weighted by molar-refractivity contribution is 6.33. The smallest absolute Gasteiger partial charge is 0.412 e. The molecule has 2 heterocycles. The number of ether oxygens (including phenoxy) is 3. The summed E-state index contributed by atoms with van der Waals surface area (Å²) in [6.45, 7) is 6.79. The highest BCUT2D eigenvalue weighted by Crippen LogP contribution is 2.41. The minimum Gasteiger partial charge on any atom is -0.495 e. The van der Waals surface area contributed by atoms with Crippen molar-refractivity contribution in [1.29, 1.82) is 0 Å². The first-order chi connectivity index (χ1) is 19.5. The van der Waals surface area contributed by atoms with Gasteiger partial charge in [0.05, 0.1) is 36.7 Å². The Bertz CT molecular complexity index is 1440. The molecule has 1 amide bonds. The summed E-state index contributed by atoms with van der Waals surface area (Å²) < 4.78 is 16.3. The molecule has 218 valence electrons. The highest BCUT2D eigenvalue weighted by Gasteiger charge is 2.26. The Morgan fingerprint density at radius 3 is 2.37 bits per heavy atom. The predicted octanol–water partition coefficient (Wildman–Crippen LogP) is 6.49. The number of hydrogen-bond donors (Lipinski definition) is 3. The highest BCUT2D eigenvalue weighted by atomic mass is 35.5. The third kappa shape index (κ3) is 7.37. The molecule has 0 bridgehead atoms. The van der Waals surface area contributed by atoms with Crippen molar-refractivity contribution in [2.45, 2.75) is 39.2 Å². The number of nitrogens with zero attached hydrogens (tertiary/aromatic N) is 4. The van der Waals surface area contributed by atoms with E-state index in [9.17, 15) is 14.9 Å². The van der Waals surface area contributed by atoms with Crippen LogP contribution in [0.1, 0.15) is 33.6 Å². The molecule has 14 heteroatoms. The first kappa shape index (κ1) is 29.5. The van der Waals surface area contributed by atoms with E-state index in [4.69, 9.17) is 25.8 Å². The van der Waals surface area contributed by atoms with Gasteiger partial charge in [0.2, 0.25) is 5.95 Å². The van der Waals surface area contributed by atoms with Gasteiger partial charge < -0.3 is 29.7 Å². The minimum atomic E-state index is -0.660. The second-order valence-electron chi connectivity index (χ2n) is 10.2. The monoisotopic (exact) mass is 585 g/mol. The van der Waals surface area contributed by atoms with Crippen molar-refractivity contribution >= 4 is 57.9 Å². The second kappa shape index (κ2) is 12.3. The van der Waals surface area contributed by atoms with Gasteiger partial charge in [0.15, 0.2) is 5.82 Å². The van der Waals surface area contributed by atoms with E-state index in [2.05, 4.69) is 25.9 Å². The lowest BCUT2D eigenvalue weighted by molar-refractivity contribution is -0.384. The van der Waals surface area contributed by atoms with Crippen LogP contribution >= 0.6 is 11.6 Å². The number of methoxy groups -OCH3 is 2. The van der Waals surface area contributed by atoms with Gasteiger partial charge >= 0.3 is 6.09 Å². The molecule has 0 saturated carbocycles. The normalized spacial score (nSPS) is 13.0. The lowest BCUT2D eigenvalue weighted by atomic mass is 10.2. The van der Waals surface area contributed by atoms with Crippen molar-refractivity contribution in [3.05, 3.63) is 51.7 Å². The molecule has 1 aliphatic heterocycles. The maximum absolute atomic E-state index is 12.2. The molecule has 1 aliphatic rings. The Hall–Kier alpha value is -4.52. The number of nitro benzene ring substituents is 1. The van der Waals surface area contributed by atoms with E-state index in [-0.39, 0.29) is 22.5 Å².